The van der Waals surface area contributed by atoms with Crippen molar-refractivity contribution in [2.45, 2.75) is 20.3 Å². The Labute approximate surface area is 125 Å². The molecule has 0 aliphatic heterocycles. The predicted octanol–water partition coefficient (Wildman–Crippen LogP) is 3.16. The average Bonchev–Trinajstić information content (AvgIpc) is 2.35. The summed E-state index contributed by atoms with van der Waals surface area (Å²) in [6.45, 7) is 4.70. The molecule has 104 valence electrons. The molecule has 0 bridgehead atoms. The molecule has 0 aromatic heterocycles. The largest absolute Gasteiger partial charge is 0.478 e. The molecule has 0 spiro atoms. The standard InChI is InChI=1S/C13H17IN2O3/c1-3-8(2)7-15-13(19)16-11-5-9(12(17)18)4-10(14)6-11/h4-6,8H,3,7H2,1-2H3,(H,17,18)(H2,15,16,19). The summed E-state index contributed by atoms with van der Waals surface area (Å²) in [6.07, 6.45) is 0.993. The molecule has 2 amide bonds. The van der Waals surface area contributed by atoms with Crippen molar-refractivity contribution < 1.29 is 14.7 Å². The van der Waals surface area contributed by atoms with Gasteiger partial charge in [0.2, 0.25) is 0 Å². The third-order valence-corrected chi connectivity index (χ3v) is 3.33. The van der Waals surface area contributed by atoms with Crippen molar-refractivity contribution in [3.63, 3.8) is 0 Å². The lowest BCUT2D eigenvalue weighted by Crippen LogP contribution is -2.32. The molecule has 19 heavy (non-hydrogen) atoms. The predicted molar refractivity (Wildman–Crippen MR) is 82.6 cm³/mol. The van der Waals surface area contributed by atoms with Crippen LogP contribution in [0.4, 0.5) is 10.5 Å². The first-order valence-electron chi connectivity index (χ1n) is 6.01. The number of amides is 2. The van der Waals surface area contributed by atoms with E-state index in [-0.39, 0.29) is 11.6 Å². The molecule has 6 heteroatoms. The summed E-state index contributed by atoms with van der Waals surface area (Å²) in [4.78, 5) is 22.6. The smallest absolute Gasteiger partial charge is 0.335 e. The van der Waals surface area contributed by atoms with E-state index >= 15 is 0 Å². The minimum atomic E-state index is -1.01. The molecule has 1 aromatic rings. The zero-order chi connectivity index (χ0) is 14.4. The second-order valence-electron chi connectivity index (χ2n) is 4.38. The monoisotopic (exact) mass is 376 g/mol. The van der Waals surface area contributed by atoms with Crippen LogP contribution in [0.5, 0.6) is 0 Å². The van der Waals surface area contributed by atoms with Gasteiger partial charge in [-0.2, -0.15) is 0 Å². The molecule has 0 aliphatic carbocycles. The maximum Gasteiger partial charge on any atom is 0.335 e. The van der Waals surface area contributed by atoms with Crippen molar-refractivity contribution in [1.29, 1.82) is 0 Å². The SMILES string of the molecule is CCC(C)CNC(=O)Nc1cc(I)cc(C(=O)O)c1. The molecule has 3 N–H and O–H groups in total. The van der Waals surface area contributed by atoms with Gasteiger partial charge in [-0.1, -0.05) is 20.3 Å². The summed E-state index contributed by atoms with van der Waals surface area (Å²) in [5.41, 5.74) is 0.634. The summed E-state index contributed by atoms with van der Waals surface area (Å²) in [7, 11) is 0. The highest BCUT2D eigenvalue weighted by atomic mass is 127. The number of carbonyl (C=O) groups is 2. The van der Waals surface area contributed by atoms with Crippen LogP contribution in [-0.2, 0) is 0 Å². The van der Waals surface area contributed by atoms with E-state index in [4.69, 9.17) is 5.11 Å². The van der Waals surface area contributed by atoms with E-state index in [9.17, 15) is 9.59 Å². The quantitative estimate of drug-likeness (QED) is 0.691. The van der Waals surface area contributed by atoms with Crippen molar-refractivity contribution in [3.05, 3.63) is 27.3 Å². The molecule has 1 atom stereocenters. The molecule has 5 nitrogen and oxygen atoms in total. The summed E-state index contributed by atoms with van der Waals surface area (Å²) in [5.74, 6) is -0.599. The second-order valence-corrected chi connectivity index (χ2v) is 5.63. The molecule has 1 rings (SSSR count). The maximum atomic E-state index is 11.7. The van der Waals surface area contributed by atoms with Crippen LogP contribution in [0.15, 0.2) is 18.2 Å². The number of hydrogen-bond acceptors (Lipinski definition) is 2. The Morgan fingerprint density at radius 2 is 2.05 bits per heavy atom. The zero-order valence-corrected chi connectivity index (χ0v) is 13.0. The Morgan fingerprint density at radius 3 is 2.63 bits per heavy atom. The Hall–Kier alpha value is -1.31. The van der Waals surface area contributed by atoms with Crippen molar-refractivity contribution in [1.82, 2.24) is 5.32 Å². The van der Waals surface area contributed by atoms with Crippen LogP contribution in [0.3, 0.4) is 0 Å². The van der Waals surface area contributed by atoms with Crippen LogP contribution in [0, 0.1) is 9.49 Å². The van der Waals surface area contributed by atoms with E-state index in [2.05, 4.69) is 17.6 Å². The molecule has 0 heterocycles. The summed E-state index contributed by atoms with van der Waals surface area (Å²) >= 11 is 2.01. The van der Waals surface area contributed by atoms with Gasteiger partial charge < -0.3 is 15.7 Å². The minimum absolute atomic E-state index is 0.157. The van der Waals surface area contributed by atoms with E-state index in [0.29, 0.717) is 18.2 Å². The summed E-state index contributed by atoms with van der Waals surface area (Å²) in [6, 6.07) is 4.38. The number of halogens is 1. The molecule has 0 radical (unpaired) electrons. The van der Waals surface area contributed by atoms with Crippen molar-refractivity contribution in [2.24, 2.45) is 5.92 Å². The van der Waals surface area contributed by atoms with Crippen molar-refractivity contribution >= 4 is 40.3 Å². The number of nitrogens with one attached hydrogen (secondary N) is 2. The van der Waals surface area contributed by atoms with Gasteiger partial charge in [-0.05, 0) is 46.7 Å². The third-order valence-electron chi connectivity index (χ3n) is 2.71. The van der Waals surface area contributed by atoms with Gasteiger partial charge in [0.05, 0.1) is 5.56 Å². The van der Waals surface area contributed by atoms with Gasteiger partial charge in [-0.3, -0.25) is 0 Å². The van der Waals surface area contributed by atoms with E-state index in [1.54, 1.807) is 12.1 Å². The van der Waals surface area contributed by atoms with Gasteiger partial charge >= 0.3 is 12.0 Å². The van der Waals surface area contributed by atoms with E-state index in [1.165, 1.54) is 6.07 Å². The molecular weight excluding hydrogens is 359 g/mol. The van der Waals surface area contributed by atoms with Gasteiger partial charge in [0.25, 0.3) is 0 Å². The van der Waals surface area contributed by atoms with E-state index in [1.807, 2.05) is 29.5 Å². The lowest BCUT2D eigenvalue weighted by molar-refractivity contribution is 0.0697. The zero-order valence-electron chi connectivity index (χ0n) is 10.9. The number of aromatic carboxylic acids is 1. The van der Waals surface area contributed by atoms with E-state index in [0.717, 1.165) is 9.99 Å². The lowest BCUT2D eigenvalue weighted by atomic mass is 10.1. The first-order valence-corrected chi connectivity index (χ1v) is 7.09. The Balaban J connectivity index is 2.66. The number of carboxylic acids is 1. The van der Waals surface area contributed by atoms with Gasteiger partial charge in [-0.15, -0.1) is 0 Å². The van der Waals surface area contributed by atoms with Crippen LogP contribution in [-0.4, -0.2) is 23.7 Å². The highest BCUT2D eigenvalue weighted by molar-refractivity contribution is 14.1. The first-order chi connectivity index (χ1) is 8.92. The normalized spacial score (nSPS) is 11.7. The maximum absolute atomic E-state index is 11.7. The van der Waals surface area contributed by atoms with E-state index < -0.39 is 5.97 Å². The van der Waals surface area contributed by atoms with Gasteiger partial charge in [-0.25, -0.2) is 9.59 Å². The molecule has 0 fully saturated rings. The lowest BCUT2D eigenvalue weighted by Gasteiger charge is -2.12. The molecule has 1 aromatic carbocycles. The van der Waals surface area contributed by atoms with Crippen LogP contribution >= 0.6 is 22.6 Å². The van der Waals surface area contributed by atoms with Gasteiger partial charge in [0.15, 0.2) is 0 Å². The Kier molecular flexibility index (Phi) is 6.07. The average molecular weight is 376 g/mol. The molecule has 0 saturated carbocycles. The topological polar surface area (TPSA) is 78.4 Å². The number of rotatable bonds is 5. The molecular formula is C13H17IN2O3. The highest BCUT2D eigenvalue weighted by Crippen LogP contribution is 2.16. The highest BCUT2D eigenvalue weighted by Gasteiger charge is 2.09. The van der Waals surface area contributed by atoms with Crippen LogP contribution < -0.4 is 10.6 Å². The summed E-state index contributed by atoms with van der Waals surface area (Å²) < 4.78 is 0.759. The van der Waals surface area contributed by atoms with Crippen molar-refractivity contribution in [2.75, 3.05) is 11.9 Å². The first kappa shape index (κ1) is 15.7. The second kappa shape index (κ2) is 7.32. The number of benzene rings is 1. The fourth-order valence-corrected chi connectivity index (χ4v) is 2.04. The van der Waals surface area contributed by atoms with Gasteiger partial charge in [0.1, 0.15) is 0 Å². The fraction of sp³-hybridized carbons (Fsp3) is 0.385. The number of hydrogen-bond donors (Lipinski definition) is 3. The van der Waals surface area contributed by atoms with Gasteiger partial charge in [0, 0.05) is 15.8 Å². The Morgan fingerprint density at radius 1 is 1.37 bits per heavy atom. The van der Waals surface area contributed by atoms with Crippen molar-refractivity contribution in [3.8, 4) is 0 Å². The number of urea groups is 1. The minimum Gasteiger partial charge on any atom is -0.478 e. The van der Waals surface area contributed by atoms with Crippen LogP contribution in [0.2, 0.25) is 0 Å². The number of carboxylic acid groups (broad SMARTS) is 1. The van der Waals surface area contributed by atoms with Crippen LogP contribution in [0.25, 0.3) is 0 Å². The third kappa shape index (κ3) is 5.46. The fourth-order valence-electron chi connectivity index (χ4n) is 1.37. The Bertz CT molecular complexity index is 477. The molecule has 0 aliphatic rings. The molecule has 1 unspecified atom stereocenters. The number of carbonyl (C=O) groups excluding carboxylic acids is 1. The number of anilines is 1. The molecule has 0 saturated heterocycles. The van der Waals surface area contributed by atoms with Crippen LogP contribution in [0.1, 0.15) is 30.6 Å². The summed E-state index contributed by atoms with van der Waals surface area (Å²) in [5, 5.41) is 14.3.